The van der Waals surface area contributed by atoms with E-state index in [0.717, 1.165) is 0 Å². The molecular formula is C9H9NO3. The minimum atomic E-state index is -0.416. The predicted octanol–water partition coefficient (Wildman–Crippen LogP) is 0.564. The van der Waals surface area contributed by atoms with Gasteiger partial charge in [-0.25, -0.2) is 0 Å². The van der Waals surface area contributed by atoms with Crippen molar-refractivity contribution in [3.8, 4) is 5.75 Å². The van der Waals surface area contributed by atoms with Crippen LogP contribution in [0.1, 0.15) is 20.7 Å². The van der Waals surface area contributed by atoms with Crippen LogP contribution in [0.15, 0.2) is 18.2 Å². The van der Waals surface area contributed by atoms with Crippen LogP contribution in [0, 0.1) is 0 Å². The van der Waals surface area contributed by atoms with Gasteiger partial charge in [0.25, 0.3) is 5.91 Å². The normalized spacial score (nSPS) is 9.31. The van der Waals surface area contributed by atoms with E-state index in [1.165, 1.54) is 25.2 Å². The number of benzene rings is 1. The van der Waals surface area contributed by atoms with E-state index in [1.54, 1.807) is 0 Å². The molecule has 1 amide bonds. The van der Waals surface area contributed by atoms with Gasteiger partial charge in [-0.3, -0.25) is 9.59 Å². The van der Waals surface area contributed by atoms with E-state index in [1.807, 2.05) is 0 Å². The van der Waals surface area contributed by atoms with Crippen LogP contribution < -0.4 is 5.32 Å². The number of nitrogens with one attached hydrogen (secondary N) is 1. The second-order valence-corrected chi connectivity index (χ2v) is 2.47. The Labute approximate surface area is 75.2 Å². The molecule has 0 spiro atoms. The number of rotatable bonds is 2. The van der Waals surface area contributed by atoms with Gasteiger partial charge < -0.3 is 10.4 Å². The van der Waals surface area contributed by atoms with E-state index in [-0.39, 0.29) is 11.3 Å². The molecule has 0 unspecified atom stereocenters. The predicted molar refractivity (Wildman–Crippen MR) is 46.9 cm³/mol. The zero-order valence-electron chi connectivity index (χ0n) is 7.07. The van der Waals surface area contributed by atoms with E-state index < -0.39 is 5.91 Å². The molecule has 1 aromatic carbocycles. The smallest absolute Gasteiger partial charge is 0.254 e. The van der Waals surface area contributed by atoms with Crippen LogP contribution in [0.25, 0.3) is 0 Å². The summed E-state index contributed by atoms with van der Waals surface area (Å²) in [5.41, 5.74) is 0.462. The molecule has 0 aliphatic rings. The largest absolute Gasteiger partial charge is 0.507 e. The molecule has 4 heteroatoms. The SMILES string of the molecule is CNC(=O)c1cc(C=O)ccc1O. The molecule has 2 N–H and O–H groups in total. The van der Waals surface area contributed by atoms with Gasteiger partial charge in [0.15, 0.2) is 0 Å². The molecule has 0 atom stereocenters. The Kier molecular flexibility index (Phi) is 2.64. The molecule has 0 bridgehead atoms. The Balaban J connectivity index is 3.18. The molecule has 0 aliphatic carbocycles. The Morgan fingerprint density at radius 3 is 2.77 bits per heavy atom. The highest BCUT2D eigenvalue weighted by molar-refractivity contribution is 5.98. The van der Waals surface area contributed by atoms with Crippen molar-refractivity contribution in [1.29, 1.82) is 0 Å². The summed E-state index contributed by atoms with van der Waals surface area (Å²) in [5.74, 6) is -0.550. The number of amides is 1. The summed E-state index contributed by atoms with van der Waals surface area (Å²) in [6, 6.07) is 4.09. The van der Waals surface area contributed by atoms with Gasteiger partial charge in [0.1, 0.15) is 12.0 Å². The Bertz CT molecular complexity index is 347. The van der Waals surface area contributed by atoms with Crippen LogP contribution >= 0.6 is 0 Å². The lowest BCUT2D eigenvalue weighted by Crippen LogP contribution is -2.18. The first-order chi connectivity index (χ1) is 6.19. The van der Waals surface area contributed by atoms with Crippen LogP contribution in [0.2, 0.25) is 0 Å². The highest BCUT2D eigenvalue weighted by Gasteiger charge is 2.09. The van der Waals surface area contributed by atoms with Crippen molar-refractivity contribution in [2.24, 2.45) is 0 Å². The fraction of sp³-hybridized carbons (Fsp3) is 0.111. The summed E-state index contributed by atoms with van der Waals surface area (Å²) in [6.07, 6.45) is 0.617. The lowest BCUT2D eigenvalue weighted by atomic mass is 10.1. The fourth-order valence-electron chi connectivity index (χ4n) is 0.943. The van der Waals surface area contributed by atoms with Crippen molar-refractivity contribution in [2.45, 2.75) is 0 Å². The standard InChI is InChI=1S/C9H9NO3/c1-10-9(13)7-4-6(5-11)2-3-8(7)12/h2-5,12H,1H3,(H,10,13). The monoisotopic (exact) mass is 179 g/mol. The average Bonchev–Trinajstić information content (AvgIpc) is 2.17. The van der Waals surface area contributed by atoms with Gasteiger partial charge in [-0.1, -0.05) is 0 Å². The van der Waals surface area contributed by atoms with Crippen molar-refractivity contribution in [3.05, 3.63) is 29.3 Å². The van der Waals surface area contributed by atoms with Crippen molar-refractivity contribution in [2.75, 3.05) is 7.05 Å². The van der Waals surface area contributed by atoms with E-state index in [2.05, 4.69) is 5.32 Å². The molecule has 1 aromatic rings. The van der Waals surface area contributed by atoms with Crippen molar-refractivity contribution in [3.63, 3.8) is 0 Å². The van der Waals surface area contributed by atoms with E-state index in [0.29, 0.717) is 11.8 Å². The number of phenolic OH excluding ortho intramolecular Hbond substituents is 1. The summed E-state index contributed by atoms with van der Waals surface area (Å²) in [4.78, 5) is 21.5. The maximum Gasteiger partial charge on any atom is 0.254 e. The van der Waals surface area contributed by atoms with Crippen LogP contribution in [0.3, 0.4) is 0 Å². The van der Waals surface area contributed by atoms with Crippen LogP contribution in [-0.4, -0.2) is 24.3 Å². The van der Waals surface area contributed by atoms with Gasteiger partial charge in [-0.15, -0.1) is 0 Å². The summed E-state index contributed by atoms with van der Waals surface area (Å²) >= 11 is 0. The fourth-order valence-corrected chi connectivity index (χ4v) is 0.943. The van der Waals surface area contributed by atoms with E-state index in [9.17, 15) is 14.7 Å². The second kappa shape index (κ2) is 3.71. The van der Waals surface area contributed by atoms with E-state index in [4.69, 9.17) is 0 Å². The molecule has 0 heterocycles. The maximum absolute atomic E-state index is 11.1. The lowest BCUT2D eigenvalue weighted by Gasteiger charge is -2.02. The summed E-state index contributed by atoms with van der Waals surface area (Å²) in [5, 5.41) is 11.6. The summed E-state index contributed by atoms with van der Waals surface area (Å²) in [6.45, 7) is 0. The van der Waals surface area contributed by atoms with Gasteiger partial charge in [-0.05, 0) is 18.2 Å². The Hall–Kier alpha value is -1.84. The van der Waals surface area contributed by atoms with Gasteiger partial charge in [0.05, 0.1) is 5.56 Å². The third-order valence-electron chi connectivity index (χ3n) is 1.63. The molecule has 0 saturated carbocycles. The number of carbonyl (C=O) groups excluding carboxylic acids is 2. The summed E-state index contributed by atoms with van der Waals surface area (Å²) < 4.78 is 0. The van der Waals surface area contributed by atoms with Gasteiger partial charge >= 0.3 is 0 Å². The molecule has 0 saturated heterocycles. The second-order valence-electron chi connectivity index (χ2n) is 2.47. The van der Waals surface area contributed by atoms with Crippen LogP contribution in [-0.2, 0) is 0 Å². The Morgan fingerprint density at radius 2 is 2.23 bits per heavy atom. The number of phenols is 1. The molecule has 0 fully saturated rings. The molecule has 13 heavy (non-hydrogen) atoms. The lowest BCUT2D eigenvalue weighted by molar-refractivity contribution is 0.0960. The molecule has 68 valence electrons. The number of aldehydes is 1. The number of hydrogen-bond acceptors (Lipinski definition) is 3. The topological polar surface area (TPSA) is 66.4 Å². The Morgan fingerprint density at radius 1 is 1.54 bits per heavy atom. The quantitative estimate of drug-likeness (QED) is 0.652. The highest BCUT2D eigenvalue weighted by atomic mass is 16.3. The van der Waals surface area contributed by atoms with Gasteiger partial charge in [-0.2, -0.15) is 0 Å². The van der Waals surface area contributed by atoms with Crippen molar-refractivity contribution < 1.29 is 14.7 Å². The van der Waals surface area contributed by atoms with Crippen molar-refractivity contribution in [1.82, 2.24) is 5.32 Å². The third kappa shape index (κ3) is 1.84. The summed E-state index contributed by atoms with van der Waals surface area (Å²) in [7, 11) is 1.45. The van der Waals surface area contributed by atoms with Crippen LogP contribution in [0.4, 0.5) is 0 Å². The molecule has 1 rings (SSSR count). The highest BCUT2D eigenvalue weighted by Crippen LogP contribution is 2.17. The zero-order valence-corrected chi connectivity index (χ0v) is 7.07. The number of hydrogen-bond donors (Lipinski definition) is 2. The van der Waals surface area contributed by atoms with Crippen LogP contribution in [0.5, 0.6) is 5.75 Å². The maximum atomic E-state index is 11.1. The molecule has 4 nitrogen and oxygen atoms in total. The van der Waals surface area contributed by atoms with E-state index >= 15 is 0 Å². The minimum Gasteiger partial charge on any atom is -0.507 e. The zero-order chi connectivity index (χ0) is 9.84. The molecule has 0 aromatic heterocycles. The number of carbonyl (C=O) groups is 2. The minimum absolute atomic E-state index is 0.104. The molecule has 0 aliphatic heterocycles. The van der Waals surface area contributed by atoms with Crippen molar-refractivity contribution >= 4 is 12.2 Å². The third-order valence-corrected chi connectivity index (χ3v) is 1.63. The number of aromatic hydroxyl groups is 1. The first-order valence-electron chi connectivity index (χ1n) is 3.69. The molecular weight excluding hydrogens is 170 g/mol. The van der Waals surface area contributed by atoms with Gasteiger partial charge in [0, 0.05) is 12.6 Å². The first kappa shape index (κ1) is 9.25. The van der Waals surface area contributed by atoms with Gasteiger partial charge in [0.2, 0.25) is 0 Å². The first-order valence-corrected chi connectivity index (χ1v) is 3.69. The average molecular weight is 179 g/mol. The molecule has 0 radical (unpaired) electrons.